The highest BCUT2D eigenvalue weighted by Gasteiger charge is 2.32. The minimum absolute atomic E-state index is 0.0488. The van der Waals surface area contributed by atoms with Gasteiger partial charge < -0.3 is 5.32 Å². The Labute approximate surface area is 123 Å². The molecule has 1 heterocycles. The van der Waals surface area contributed by atoms with Crippen LogP contribution in [0.3, 0.4) is 0 Å². The molecule has 2 N–H and O–H groups in total. The molecule has 1 aromatic carbocycles. The van der Waals surface area contributed by atoms with Gasteiger partial charge in [-0.3, -0.25) is 9.59 Å². The van der Waals surface area contributed by atoms with Crippen molar-refractivity contribution in [2.24, 2.45) is 0 Å². The first kappa shape index (κ1) is 14.1. The summed E-state index contributed by atoms with van der Waals surface area (Å²) in [5.74, 6) is -0.658. The number of amides is 2. The van der Waals surface area contributed by atoms with Crippen LogP contribution in [0.15, 0.2) is 18.2 Å². The summed E-state index contributed by atoms with van der Waals surface area (Å²) in [7, 11) is -3.57. The molecule has 1 aliphatic carbocycles. The summed E-state index contributed by atoms with van der Waals surface area (Å²) in [5.41, 5.74) is 1.83. The van der Waals surface area contributed by atoms with Gasteiger partial charge in [0.15, 0.2) is 0 Å². The Hall–Kier alpha value is -1.89. The first-order chi connectivity index (χ1) is 9.95. The zero-order chi connectivity index (χ0) is 15.0. The fourth-order valence-corrected chi connectivity index (χ4v) is 3.97. The van der Waals surface area contributed by atoms with Gasteiger partial charge in [-0.05, 0) is 43.0 Å². The molecule has 7 heteroatoms. The van der Waals surface area contributed by atoms with Crippen LogP contribution in [0.1, 0.15) is 41.6 Å². The molecule has 0 spiro atoms. The summed E-state index contributed by atoms with van der Waals surface area (Å²) in [5, 5.41) is 2.28. The molecule has 0 bridgehead atoms. The molecule has 2 aliphatic rings. The van der Waals surface area contributed by atoms with Crippen LogP contribution < -0.4 is 10.0 Å². The van der Waals surface area contributed by atoms with E-state index in [0.717, 1.165) is 12.0 Å². The number of anilines is 1. The first-order valence-electron chi connectivity index (χ1n) is 6.94. The largest absolute Gasteiger partial charge is 0.326 e. The quantitative estimate of drug-likeness (QED) is 0.877. The van der Waals surface area contributed by atoms with E-state index in [-0.39, 0.29) is 5.91 Å². The summed E-state index contributed by atoms with van der Waals surface area (Å²) in [6, 6.07) is 4.80. The molecule has 112 valence electrons. The van der Waals surface area contributed by atoms with Crippen molar-refractivity contribution in [3.63, 3.8) is 0 Å². The molecule has 0 atom stereocenters. The van der Waals surface area contributed by atoms with E-state index in [1.54, 1.807) is 12.1 Å². The van der Waals surface area contributed by atoms with Crippen molar-refractivity contribution in [3.05, 3.63) is 29.3 Å². The fourth-order valence-electron chi connectivity index (χ4n) is 2.48. The molecular weight excluding hydrogens is 292 g/mol. The fraction of sp³-hybridized carbons (Fsp3) is 0.429. The number of rotatable bonds is 3. The predicted octanol–water partition coefficient (Wildman–Crippen LogP) is 1.18. The van der Waals surface area contributed by atoms with Gasteiger partial charge in [0.25, 0.3) is 5.91 Å². The van der Waals surface area contributed by atoms with Gasteiger partial charge in [0.05, 0.1) is 5.25 Å². The van der Waals surface area contributed by atoms with Crippen molar-refractivity contribution in [2.75, 3.05) is 5.32 Å². The predicted molar refractivity (Wildman–Crippen MR) is 77.4 cm³/mol. The molecule has 0 unspecified atom stereocenters. The van der Waals surface area contributed by atoms with Gasteiger partial charge in [0.1, 0.15) is 0 Å². The van der Waals surface area contributed by atoms with Crippen LogP contribution in [0.2, 0.25) is 0 Å². The monoisotopic (exact) mass is 308 g/mol. The number of carbonyl (C=O) groups is 2. The van der Waals surface area contributed by atoms with E-state index in [9.17, 15) is 18.0 Å². The zero-order valence-electron chi connectivity index (χ0n) is 11.4. The summed E-state index contributed by atoms with van der Waals surface area (Å²) < 4.78 is 26.0. The van der Waals surface area contributed by atoms with E-state index < -0.39 is 21.2 Å². The number of nitrogens with one attached hydrogen (secondary N) is 2. The van der Waals surface area contributed by atoms with Crippen molar-refractivity contribution in [1.29, 1.82) is 0 Å². The van der Waals surface area contributed by atoms with Crippen LogP contribution in [0.4, 0.5) is 5.69 Å². The number of hydrogen-bond acceptors (Lipinski definition) is 4. The lowest BCUT2D eigenvalue weighted by atomic mass is 10.00. The van der Waals surface area contributed by atoms with E-state index >= 15 is 0 Å². The van der Waals surface area contributed by atoms with E-state index in [0.29, 0.717) is 36.9 Å². The molecule has 1 aliphatic heterocycles. The van der Waals surface area contributed by atoms with Crippen LogP contribution in [0, 0.1) is 0 Å². The van der Waals surface area contributed by atoms with Crippen molar-refractivity contribution >= 4 is 27.5 Å². The van der Waals surface area contributed by atoms with Gasteiger partial charge in [-0.1, -0.05) is 6.42 Å². The van der Waals surface area contributed by atoms with Crippen LogP contribution in [0.5, 0.6) is 0 Å². The van der Waals surface area contributed by atoms with Gasteiger partial charge in [-0.2, -0.15) is 0 Å². The normalized spacial score (nSPS) is 18.4. The third-order valence-electron chi connectivity index (χ3n) is 3.99. The Morgan fingerprint density at radius 3 is 2.67 bits per heavy atom. The number of sulfonamides is 1. The number of aryl methyl sites for hydroxylation is 1. The molecule has 21 heavy (non-hydrogen) atoms. The van der Waals surface area contributed by atoms with Crippen LogP contribution in [0.25, 0.3) is 0 Å². The Morgan fingerprint density at radius 2 is 2.00 bits per heavy atom. The molecule has 1 saturated carbocycles. The van der Waals surface area contributed by atoms with Crippen molar-refractivity contribution in [2.45, 2.75) is 37.4 Å². The van der Waals surface area contributed by atoms with Crippen LogP contribution in [-0.4, -0.2) is 25.5 Å². The Morgan fingerprint density at radius 1 is 1.24 bits per heavy atom. The van der Waals surface area contributed by atoms with Crippen LogP contribution in [-0.2, 0) is 21.2 Å². The average molecular weight is 308 g/mol. The first-order valence-corrected chi connectivity index (χ1v) is 8.49. The number of hydrogen-bond donors (Lipinski definition) is 2. The maximum Gasteiger partial charge on any atom is 0.264 e. The molecule has 6 nitrogen and oxygen atoms in total. The second-order valence-corrected chi connectivity index (χ2v) is 7.41. The number of carbonyl (C=O) groups excluding carboxylic acids is 2. The lowest BCUT2D eigenvalue weighted by Crippen LogP contribution is -2.41. The number of benzene rings is 1. The van der Waals surface area contributed by atoms with E-state index in [2.05, 4.69) is 10.0 Å². The summed E-state index contributed by atoms with van der Waals surface area (Å²) in [6.45, 7) is 0. The van der Waals surface area contributed by atoms with Gasteiger partial charge in [0.2, 0.25) is 15.9 Å². The van der Waals surface area contributed by atoms with E-state index in [1.807, 2.05) is 0 Å². The lowest BCUT2D eigenvalue weighted by Gasteiger charge is -2.25. The molecule has 0 saturated heterocycles. The maximum atomic E-state index is 12.1. The standard InChI is InChI=1S/C14H16N2O4S/c17-13-7-5-9-8-10(4-6-12(9)15-13)14(18)16-21(19,20)11-2-1-3-11/h4,6,8,11H,1-3,5,7H2,(H,15,17)(H,16,18). The Balaban J connectivity index is 1.77. The average Bonchev–Trinajstić information content (AvgIpc) is 2.34. The Kier molecular flexibility index (Phi) is 3.44. The minimum atomic E-state index is -3.57. The topological polar surface area (TPSA) is 92.3 Å². The van der Waals surface area contributed by atoms with Gasteiger partial charge in [-0.25, -0.2) is 13.1 Å². The highest BCUT2D eigenvalue weighted by molar-refractivity contribution is 7.90. The van der Waals surface area contributed by atoms with Crippen molar-refractivity contribution in [1.82, 2.24) is 4.72 Å². The lowest BCUT2D eigenvalue weighted by molar-refractivity contribution is -0.116. The summed E-state index contributed by atoms with van der Waals surface area (Å²) in [4.78, 5) is 23.4. The number of fused-ring (bicyclic) bond motifs is 1. The minimum Gasteiger partial charge on any atom is -0.326 e. The second kappa shape index (κ2) is 5.14. The smallest absolute Gasteiger partial charge is 0.264 e. The highest BCUT2D eigenvalue weighted by Crippen LogP contribution is 2.26. The molecule has 3 rings (SSSR count). The molecule has 2 amide bonds. The third kappa shape index (κ3) is 2.78. The molecule has 1 fully saturated rings. The van der Waals surface area contributed by atoms with Gasteiger partial charge in [-0.15, -0.1) is 0 Å². The van der Waals surface area contributed by atoms with Crippen LogP contribution >= 0.6 is 0 Å². The summed E-state index contributed by atoms with van der Waals surface area (Å²) in [6.07, 6.45) is 3.03. The van der Waals surface area contributed by atoms with Gasteiger partial charge in [0, 0.05) is 17.7 Å². The van der Waals surface area contributed by atoms with E-state index in [4.69, 9.17) is 0 Å². The van der Waals surface area contributed by atoms with Crippen molar-refractivity contribution < 1.29 is 18.0 Å². The third-order valence-corrected chi connectivity index (χ3v) is 5.81. The molecule has 0 aromatic heterocycles. The molecule has 0 radical (unpaired) electrons. The van der Waals surface area contributed by atoms with Crippen molar-refractivity contribution in [3.8, 4) is 0 Å². The SMILES string of the molecule is O=C1CCc2cc(C(=O)NS(=O)(=O)C3CCC3)ccc2N1. The Bertz CT molecular complexity index is 708. The zero-order valence-corrected chi connectivity index (χ0v) is 12.2. The molecular formula is C14H16N2O4S. The maximum absolute atomic E-state index is 12.1. The highest BCUT2D eigenvalue weighted by atomic mass is 32.2. The molecule has 1 aromatic rings. The van der Waals surface area contributed by atoms with Gasteiger partial charge >= 0.3 is 0 Å². The second-order valence-electron chi connectivity index (χ2n) is 5.45. The summed E-state index contributed by atoms with van der Waals surface area (Å²) >= 11 is 0. The van der Waals surface area contributed by atoms with E-state index in [1.165, 1.54) is 6.07 Å².